The molecule has 0 aromatic heterocycles. The van der Waals surface area contributed by atoms with Crippen molar-refractivity contribution in [1.29, 1.82) is 0 Å². The molecule has 0 spiro atoms. The molecule has 1 N–H and O–H groups in total. The van der Waals surface area contributed by atoms with E-state index in [1.54, 1.807) is 55.5 Å². The molecule has 3 aromatic rings. The molecule has 1 fully saturated rings. The summed E-state index contributed by atoms with van der Waals surface area (Å²) in [6, 6.07) is 12.5. The van der Waals surface area contributed by atoms with Gasteiger partial charge in [0.25, 0.3) is 11.8 Å². The molecule has 1 aliphatic heterocycles. The van der Waals surface area contributed by atoms with E-state index < -0.39 is 17.8 Å². The van der Waals surface area contributed by atoms with Crippen LogP contribution < -0.4 is 19.7 Å². The van der Waals surface area contributed by atoms with Crippen molar-refractivity contribution in [2.75, 3.05) is 11.5 Å². The number of aryl methyl sites for hydroxylation is 1. The van der Waals surface area contributed by atoms with Crippen LogP contribution in [0.3, 0.4) is 0 Å². The fourth-order valence-corrected chi connectivity index (χ4v) is 4.71. The van der Waals surface area contributed by atoms with E-state index in [0.717, 1.165) is 16.0 Å². The van der Waals surface area contributed by atoms with Gasteiger partial charge >= 0.3 is 6.03 Å². The van der Waals surface area contributed by atoms with Crippen molar-refractivity contribution in [3.63, 3.8) is 0 Å². The first kappa shape index (κ1) is 29.2. The van der Waals surface area contributed by atoms with Crippen LogP contribution in [0.5, 0.6) is 11.5 Å². The largest absolute Gasteiger partial charge is 0.490 e. The molecule has 7 nitrogen and oxygen atoms in total. The number of amides is 4. The maximum Gasteiger partial charge on any atom is 0.335 e. The molecule has 206 valence electrons. The molecule has 0 atom stereocenters. The summed E-state index contributed by atoms with van der Waals surface area (Å²) in [6.45, 7) is 7.94. The number of rotatable bonds is 9. The fourth-order valence-electron chi connectivity index (χ4n) is 4.07. The molecular weight excluding hydrogens is 575 g/mol. The third-order valence-corrected chi connectivity index (χ3v) is 7.03. The maximum atomic E-state index is 13.4. The highest BCUT2D eigenvalue weighted by Gasteiger charge is 2.37. The van der Waals surface area contributed by atoms with E-state index in [-0.39, 0.29) is 17.9 Å². The number of nitrogens with zero attached hydrogens (tertiary/aromatic N) is 1. The second-order valence-electron chi connectivity index (χ2n) is 8.85. The highest BCUT2D eigenvalue weighted by Crippen LogP contribution is 2.36. The van der Waals surface area contributed by atoms with Gasteiger partial charge in [0.15, 0.2) is 11.5 Å². The Morgan fingerprint density at radius 2 is 1.73 bits per heavy atom. The SMILES string of the molecule is C=CCc1cc(/C=C2/C(=O)NC(=O)N(c3ccc(C)c(Cl)c3)C2=O)cc(OCC)c1OCc1ccc(Cl)cc1Cl. The first-order chi connectivity index (χ1) is 19.1. The Morgan fingerprint density at radius 3 is 2.40 bits per heavy atom. The lowest BCUT2D eigenvalue weighted by Gasteiger charge is -2.26. The van der Waals surface area contributed by atoms with Gasteiger partial charge in [0, 0.05) is 26.2 Å². The number of hydrogen-bond acceptors (Lipinski definition) is 5. The van der Waals surface area contributed by atoms with Gasteiger partial charge in [0.05, 0.1) is 12.3 Å². The fraction of sp³-hybridized carbons (Fsp3) is 0.167. The van der Waals surface area contributed by atoms with Crippen LogP contribution in [-0.2, 0) is 22.6 Å². The molecule has 3 aromatic carbocycles. The van der Waals surface area contributed by atoms with E-state index in [1.807, 2.05) is 6.92 Å². The number of anilines is 1. The monoisotopic (exact) mass is 598 g/mol. The van der Waals surface area contributed by atoms with Gasteiger partial charge < -0.3 is 9.47 Å². The smallest absolute Gasteiger partial charge is 0.335 e. The van der Waals surface area contributed by atoms with Gasteiger partial charge in [-0.15, -0.1) is 6.58 Å². The van der Waals surface area contributed by atoms with Crippen molar-refractivity contribution in [2.45, 2.75) is 26.9 Å². The van der Waals surface area contributed by atoms with Gasteiger partial charge in [-0.1, -0.05) is 53.0 Å². The third kappa shape index (κ3) is 6.33. The van der Waals surface area contributed by atoms with Crippen LogP contribution in [0.1, 0.15) is 29.2 Å². The highest BCUT2D eigenvalue weighted by atomic mass is 35.5. The zero-order chi connectivity index (χ0) is 29.0. The molecule has 40 heavy (non-hydrogen) atoms. The van der Waals surface area contributed by atoms with E-state index in [1.165, 1.54) is 12.1 Å². The van der Waals surface area contributed by atoms with Gasteiger partial charge in [-0.25, -0.2) is 9.69 Å². The molecule has 0 aliphatic carbocycles. The summed E-state index contributed by atoms with van der Waals surface area (Å²) < 4.78 is 12.0. The molecule has 0 bridgehead atoms. The number of allylic oxidation sites excluding steroid dienone is 1. The number of carbonyl (C=O) groups excluding carboxylic acids is 3. The number of hydrogen-bond donors (Lipinski definition) is 1. The van der Waals surface area contributed by atoms with Gasteiger partial charge in [0.1, 0.15) is 12.2 Å². The standard InChI is InChI=1S/C30H25Cl3N2O5/c1-4-6-19-11-18(13-26(39-5-2)27(19)40-16-20-8-9-21(31)14-25(20)33)12-23-28(36)34-30(38)35(29(23)37)22-10-7-17(3)24(32)15-22/h4,7-15H,1,5-6,16H2,2-3H3,(H,34,36,38)/b23-12-. The molecule has 4 amide bonds. The number of barbiturate groups is 1. The van der Waals surface area contributed by atoms with E-state index in [2.05, 4.69) is 11.9 Å². The Kier molecular flexibility index (Phi) is 9.20. The third-order valence-electron chi connectivity index (χ3n) is 6.03. The Bertz CT molecular complexity index is 1550. The summed E-state index contributed by atoms with van der Waals surface area (Å²) in [4.78, 5) is 39.6. The normalized spacial score (nSPS) is 14.4. The van der Waals surface area contributed by atoms with Crippen molar-refractivity contribution < 1.29 is 23.9 Å². The number of benzene rings is 3. The molecule has 1 aliphatic rings. The van der Waals surface area contributed by atoms with Crippen LogP contribution in [-0.4, -0.2) is 24.5 Å². The van der Waals surface area contributed by atoms with E-state index in [9.17, 15) is 14.4 Å². The number of carbonyl (C=O) groups is 3. The van der Waals surface area contributed by atoms with Crippen LogP contribution in [0.2, 0.25) is 15.1 Å². The van der Waals surface area contributed by atoms with Crippen LogP contribution in [0.25, 0.3) is 6.08 Å². The summed E-state index contributed by atoms with van der Waals surface area (Å²) in [7, 11) is 0. The lowest BCUT2D eigenvalue weighted by Crippen LogP contribution is -2.54. The van der Waals surface area contributed by atoms with E-state index in [4.69, 9.17) is 44.3 Å². The molecule has 1 heterocycles. The summed E-state index contributed by atoms with van der Waals surface area (Å²) >= 11 is 18.5. The molecule has 0 radical (unpaired) electrons. The summed E-state index contributed by atoms with van der Waals surface area (Å²) in [5.41, 5.74) is 2.72. The van der Waals surface area contributed by atoms with Gasteiger partial charge in [-0.05, 0) is 73.9 Å². The Balaban J connectivity index is 1.73. The molecule has 0 saturated carbocycles. The van der Waals surface area contributed by atoms with Crippen molar-refractivity contribution in [3.05, 3.63) is 104 Å². The first-order valence-corrected chi connectivity index (χ1v) is 13.4. The second-order valence-corrected chi connectivity index (χ2v) is 10.1. The zero-order valence-corrected chi connectivity index (χ0v) is 24.0. The van der Waals surface area contributed by atoms with E-state index in [0.29, 0.717) is 50.7 Å². The molecular formula is C30H25Cl3N2O5. The lowest BCUT2D eigenvalue weighted by atomic mass is 10.0. The van der Waals surface area contributed by atoms with Crippen molar-refractivity contribution in [3.8, 4) is 11.5 Å². The average molecular weight is 600 g/mol. The molecule has 4 rings (SSSR count). The average Bonchev–Trinajstić information content (AvgIpc) is 2.89. The van der Waals surface area contributed by atoms with Crippen LogP contribution in [0, 0.1) is 6.92 Å². The zero-order valence-electron chi connectivity index (χ0n) is 21.7. The lowest BCUT2D eigenvalue weighted by molar-refractivity contribution is -0.122. The minimum absolute atomic E-state index is 0.151. The van der Waals surface area contributed by atoms with Crippen molar-refractivity contribution in [1.82, 2.24) is 5.32 Å². The predicted octanol–water partition coefficient (Wildman–Crippen LogP) is 7.33. The summed E-state index contributed by atoms with van der Waals surface area (Å²) in [5, 5.41) is 3.58. The van der Waals surface area contributed by atoms with Crippen LogP contribution in [0.4, 0.5) is 10.5 Å². The quantitative estimate of drug-likeness (QED) is 0.158. The maximum absolute atomic E-state index is 13.4. The van der Waals surface area contributed by atoms with Gasteiger partial charge in [-0.2, -0.15) is 0 Å². The highest BCUT2D eigenvalue weighted by molar-refractivity contribution is 6.39. The Hall–Kier alpha value is -3.78. The number of nitrogens with one attached hydrogen (secondary N) is 1. The van der Waals surface area contributed by atoms with E-state index >= 15 is 0 Å². The molecule has 0 unspecified atom stereocenters. The second kappa shape index (κ2) is 12.6. The van der Waals surface area contributed by atoms with Crippen LogP contribution in [0.15, 0.2) is 66.8 Å². The number of halogens is 3. The number of ether oxygens (including phenoxy) is 2. The summed E-state index contributed by atoms with van der Waals surface area (Å²) in [6.07, 6.45) is 3.51. The Morgan fingerprint density at radius 1 is 0.950 bits per heavy atom. The molecule has 10 heteroatoms. The Labute approximate surface area is 246 Å². The summed E-state index contributed by atoms with van der Waals surface area (Å²) in [5.74, 6) is -0.721. The first-order valence-electron chi connectivity index (χ1n) is 12.3. The van der Waals surface area contributed by atoms with Gasteiger partial charge in [0.2, 0.25) is 0 Å². The van der Waals surface area contributed by atoms with Crippen LogP contribution >= 0.6 is 34.8 Å². The number of imide groups is 2. The minimum atomic E-state index is -0.862. The van der Waals surface area contributed by atoms with Crippen molar-refractivity contribution in [2.24, 2.45) is 0 Å². The predicted molar refractivity (Wildman–Crippen MR) is 157 cm³/mol. The topological polar surface area (TPSA) is 84.9 Å². The molecule has 1 saturated heterocycles. The number of urea groups is 1. The van der Waals surface area contributed by atoms with Gasteiger partial charge in [-0.3, -0.25) is 14.9 Å². The minimum Gasteiger partial charge on any atom is -0.490 e. The van der Waals surface area contributed by atoms with Crippen molar-refractivity contribution >= 4 is 64.4 Å².